The Morgan fingerprint density at radius 2 is 2.04 bits per heavy atom. The molecule has 1 saturated heterocycles. The van der Waals surface area contributed by atoms with Crippen molar-refractivity contribution in [2.75, 3.05) is 31.6 Å². The lowest BCUT2D eigenvalue weighted by Gasteiger charge is -2.22. The minimum absolute atomic E-state index is 0.0556. The van der Waals surface area contributed by atoms with Crippen LogP contribution in [-0.2, 0) is 7.05 Å². The first-order chi connectivity index (χ1) is 12.0. The Labute approximate surface area is 150 Å². The molecule has 0 unspecified atom stereocenters. The van der Waals surface area contributed by atoms with Gasteiger partial charge in [0.15, 0.2) is 0 Å². The predicted octanol–water partition coefficient (Wildman–Crippen LogP) is 3.14. The second-order valence-corrected chi connectivity index (χ2v) is 7.35. The van der Waals surface area contributed by atoms with E-state index in [4.69, 9.17) is 0 Å². The summed E-state index contributed by atoms with van der Waals surface area (Å²) in [7, 11) is 3.75. The lowest BCUT2D eigenvalue weighted by atomic mass is 10.1. The number of amides is 1. The highest BCUT2D eigenvalue weighted by Gasteiger charge is 2.26. The van der Waals surface area contributed by atoms with Crippen LogP contribution in [0.15, 0.2) is 36.4 Å². The summed E-state index contributed by atoms with van der Waals surface area (Å²) in [6.07, 6.45) is 1.12. The molecule has 1 aromatic heterocycles. The predicted molar refractivity (Wildman–Crippen MR) is 101 cm³/mol. The SMILES string of the molecule is CC(C)c1cc(C(=O)N(C)C[C@@H]2CCN(c3ccccc3)C2)n(C)n1. The van der Waals surface area contributed by atoms with Gasteiger partial charge in [-0.2, -0.15) is 5.10 Å². The van der Waals surface area contributed by atoms with E-state index in [9.17, 15) is 4.79 Å². The standard InChI is InChI=1S/C20H28N4O/c1-15(2)18-12-19(23(4)21-18)20(25)22(3)13-16-10-11-24(14-16)17-8-6-5-7-9-17/h5-9,12,15-16H,10-11,13-14H2,1-4H3/t16-/m0/s1. The Morgan fingerprint density at radius 1 is 1.32 bits per heavy atom. The van der Waals surface area contributed by atoms with Crippen molar-refractivity contribution < 1.29 is 4.79 Å². The van der Waals surface area contributed by atoms with Gasteiger partial charge in [0.2, 0.25) is 0 Å². The molecule has 0 aliphatic carbocycles. The summed E-state index contributed by atoms with van der Waals surface area (Å²) in [6.45, 7) is 7.03. The van der Waals surface area contributed by atoms with Crippen LogP contribution >= 0.6 is 0 Å². The number of benzene rings is 1. The molecule has 1 fully saturated rings. The molecule has 25 heavy (non-hydrogen) atoms. The third-order valence-corrected chi connectivity index (χ3v) is 5.00. The number of carbonyl (C=O) groups excluding carboxylic acids is 1. The lowest BCUT2D eigenvalue weighted by molar-refractivity contribution is 0.0765. The highest BCUT2D eigenvalue weighted by atomic mass is 16.2. The minimum atomic E-state index is 0.0556. The molecule has 134 valence electrons. The molecule has 1 aliphatic heterocycles. The molecule has 1 atom stereocenters. The number of hydrogen-bond donors (Lipinski definition) is 0. The summed E-state index contributed by atoms with van der Waals surface area (Å²) in [4.78, 5) is 17.0. The van der Waals surface area contributed by atoms with Crippen molar-refractivity contribution in [1.82, 2.24) is 14.7 Å². The van der Waals surface area contributed by atoms with Gasteiger partial charge in [-0.15, -0.1) is 0 Å². The molecule has 2 heterocycles. The van der Waals surface area contributed by atoms with Crippen molar-refractivity contribution in [2.24, 2.45) is 13.0 Å². The third kappa shape index (κ3) is 3.86. The highest BCUT2D eigenvalue weighted by Crippen LogP contribution is 2.24. The van der Waals surface area contributed by atoms with Gasteiger partial charge in [0, 0.05) is 39.4 Å². The van der Waals surface area contributed by atoms with E-state index in [-0.39, 0.29) is 5.91 Å². The Hall–Kier alpha value is -2.30. The molecular formula is C20H28N4O. The zero-order chi connectivity index (χ0) is 18.0. The van der Waals surface area contributed by atoms with Crippen LogP contribution in [0.2, 0.25) is 0 Å². The van der Waals surface area contributed by atoms with E-state index in [0.717, 1.165) is 31.7 Å². The lowest BCUT2D eigenvalue weighted by Crippen LogP contribution is -2.34. The van der Waals surface area contributed by atoms with E-state index in [1.165, 1.54) is 5.69 Å². The van der Waals surface area contributed by atoms with Crippen molar-refractivity contribution in [2.45, 2.75) is 26.2 Å². The topological polar surface area (TPSA) is 41.4 Å². The van der Waals surface area contributed by atoms with Crippen molar-refractivity contribution in [3.8, 4) is 0 Å². The molecule has 2 aromatic rings. The molecule has 5 nitrogen and oxygen atoms in total. The third-order valence-electron chi connectivity index (χ3n) is 5.00. The number of rotatable bonds is 5. The van der Waals surface area contributed by atoms with E-state index >= 15 is 0 Å². The average molecular weight is 340 g/mol. The van der Waals surface area contributed by atoms with Crippen molar-refractivity contribution >= 4 is 11.6 Å². The maximum absolute atomic E-state index is 12.8. The number of aryl methyl sites for hydroxylation is 1. The van der Waals surface area contributed by atoms with Crippen LogP contribution in [0.5, 0.6) is 0 Å². The van der Waals surface area contributed by atoms with Gasteiger partial charge in [0.1, 0.15) is 5.69 Å². The first kappa shape index (κ1) is 17.5. The largest absolute Gasteiger partial charge is 0.371 e. The summed E-state index contributed by atoms with van der Waals surface area (Å²) in [5, 5.41) is 4.46. The van der Waals surface area contributed by atoms with Crippen LogP contribution in [0.1, 0.15) is 42.4 Å². The number of aromatic nitrogens is 2. The first-order valence-corrected chi connectivity index (χ1v) is 9.05. The van der Waals surface area contributed by atoms with Crippen molar-refractivity contribution in [3.05, 3.63) is 47.8 Å². The van der Waals surface area contributed by atoms with Gasteiger partial charge in [0.25, 0.3) is 5.91 Å². The second-order valence-electron chi connectivity index (χ2n) is 7.35. The Morgan fingerprint density at radius 3 is 2.68 bits per heavy atom. The zero-order valence-electron chi connectivity index (χ0n) is 15.6. The minimum Gasteiger partial charge on any atom is -0.371 e. The molecule has 0 radical (unpaired) electrons. The molecule has 5 heteroatoms. The molecule has 0 saturated carbocycles. The van der Waals surface area contributed by atoms with Crippen LogP contribution < -0.4 is 4.90 Å². The summed E-state index contributed by atoms with van der Waals surface area (Å²) < 4.78 is 1.71. The highest BCUT2D eigenvalue weighted by molar-refractivity contribution is 5.92. The number of hydrogen-bond acceptors (Lipinski definition) is 3. The Kier molecular flexibility index (Phi) is 5.11. The number of nitrogens with zero attached hydrogens (tertiary/aromatic N) is 4. The number of anilines is 1. The second kappa shape index (κ2) is 7.30. The van der Waals surface area contributed by atoms with E-state index < -0.39 is 0 Å². The van der Waals surface area contributed by atoms with Crippen LogP contribution in [0.3, 0.4) is 0 Å². The van der Waals surface area contributed by atoms with E-state index in [0.29, 0.717) is 17.5 Å². The fourth-order valence-electron chi connectivity index (χ4n) is 3.49. The van der Waals surface area contributed by atoms with Gasteiger partial charge in [-0.05, 0) is 36.5 Å². The molecule has 1 aromatic carbocycles. The molecular weight excluding hydrogens is 312 g/mol. The van der Waals surface area contributed by atoms with E-state index in [2.05, 4.69) is 48.1 Å². The molecule has 0 bridgehead atoms. The van der Waals surface area contributed by atoms with Crippen LogP contribution in [0.25, 0.3) is 0 Å². The van der Waals surface area contributed by atoms with Crippen LogP contribution in [0.4, 0.5) is 5.69 Å². The summed E-state index contributed by atoms with van der Waals surface area (Å²) in [5.41, 5.74) is 2.91. The molecule has 1 amide bonds. The Bertz CT molecular complexity index is 723. The zero-order valence-corrected chi connectivity index (χ0v) is 15.6. The Balaban J connectivity index is 1.61. The van der Waals surface area contributed by atoms with E-state index in [1.807, 2.05) is 31.1 Å². The van der Waals surface area contributed by atoms with Gasteiger partial charge < -0.3 is 9.80 Å². The smallest absolute Gasteiger partial charge is 0.271 e. The molecule has 1 aliphatic rings. The molecule has 3 rings (SSSR count). The van der Waals surface area contributed by atoms with Gasteiger partial charge in [0.05, 0.1) is 5.69 Å². The first-order valence-electron chi connectivity index (χ1n) is 9.05. The quantitative estimate of drug-likeness (QED) is 0.840. The maximum Gasteiger partial charge on any atom is 0.271 e. The van der Waals surface area contributed by atoms with Crippen molar-refractivity contribution in [1.29, 1.82) is 0 Å². The van der Waals surface area contributed by atoms with Gasteiger partial charge >= 0.3 is 0 Å². The normalized spacial score (nSPS) is 17.3. The number of carbonyl (C=O) groups is 1. The summed E-state index contributed by atoms with van der Waals surface area (Å²) >= 11 is 0. The fourth-order valence-corrected chi connectivity index (χ4v) is 3.49. The average Bonchev–Trinajstić information content (AvgIpc) is 3.22. The van der Waals surface area contributed by atoms with Crippen molar-refractivity contribution in [3.63, 3.8) is 0 Å². The van der Waals surface area contributed by atoms with Crippen LogP contribution in [0, 0.1) is 5.92 Å². The van der Waals surface area contributed by atoms with Gasteiger partial charge in [-0.25, -0.2) is 0 Å². The number of para-hydroxylation sites is 1. The maximum atomic E-state index is 12.8. The molecule has 0 spiro atoms. The summed E-state index contributed by atoms with van der Waals surface area (Å²) in [6, 6.07) is 12.4. The van der Waals surface area contributed by atoms with Crippen LogP contribution in [-0.4, -0.2) is 47.3 Å². The van der Waals surface area contributed by atoms with E-state index in [1.54, 1.807) is 4.68 Å². The van der Waals surface area contributed by atoms with Gasteiger partial charge in [-0.3, -0.25) is 9.48 Å². The summed E-state index contributed by atoms with van der Waals surface area (Å²) in [5.74, 6) is 0.888. The molecule has 0 N–H and O–H groups in total. The monoisotopic (exact) mass is 340 g/mol. The fraction of sp³-hybridized carbons (Fsp3) is 0.500. The van der Waals surface area contributed by atoms with Gasteiger partial charge in [-0.1, -0.05) is 32.0 Å².